The first-order valence-corrected chi connectivity index (χ1v) is 10.7. The number of amides is 1. The quantitative estimate of drug-likeness (QED) is 0.377. The number of carbonyl (C=O) groups excluding carboxylic acids is 1. The minimum Gasteiger partial charge on any atom is -0.404 e. The van der Waals surface area contributed by atoms with Gasteiger partial charge in [-0.2, -0.15) is 5.26 Å². The van der Waals surface area contributed by atoms with Crippen LogP contribution in [0.3, 0.4) is 0 Å². The number of carbonyl (C=O) groups is 1. The summed E-state index contributed by atoms with van der Waals surface area (Å²) >= 11 is 6.12. The summed E-state index contributed by atoms with van der Waals surface area (Å²) < 4.78 is 0. The Balaban J connectivity index is 2.13. The first-order valence-electron chi connectivity index (χ1n) is 10.3. The van der Waals surface area contributed by atoms with Gasteiger partial charge in [-0.1, -0.05) is 43.6 Å². The Morgan fingerprint density at radius 3 is 2.72 bits per heavy atom. The number of halogens is 1. The molecule has 8 heteroatoms. The van der Waals surface area contributed by atoms with Crippen molar-refractivity contribution in [2.45, 2.75) is 32.0 Å². The number of aliphatic hydroxyl groups excluding tert-OH is 1. The summed E-state index contributed by atoms with van der Waals surface area (Å²) in [6.07, 6.45) is 1.26. The number of nitrogens with zero attached hydrogens (tertiary/aromatic N) is 2. The summed E-state index contributed by atoms with van der Waals surface area (Å²) in [5, 5.41) is 31.9. The lowest BCUT2D eigenvalue weighted by molar-refractivity contribution is 0.0521. The minimum atomic E-state index is -1.16. The highest BCUT2D eigenvalue weighted by molar-refractivity contribution is 6.31. The Labute approximate surface area is 192 Å². The Kier molecular flexibility index (Phi) is 7.18. The largest absolute Gasteiger partial charge is 0.404 e. The van der Waals surface area contributed by atoms with E-state index in [9.17, 15) is 15.2 Å². The molecule has 3 atom stereocenters. The van der Waals surface area contributed by atoms with E-state index in [1.165, 1.54) is 12.3 Å². The average Bonchev–Trinajstić information content (AvgIpc) is 2.76. The number of fused-ring (bicyclic) bond motifs is 1. The Morgan fingerprint density at radius 1 is 1.38 bits per heavy atom. The molecule has 32 heavy (non-hydrogen) atoms. The number of nitrogens with two attached hydrogens (primary N) is 1. The molecule has 0 saturated heterocycles. The number of benzene rings is 2. The van der Waals surface area contributed by atoms with Crippen molar-refractivity contribution in [3.05, 3.63) is 76.0 Å². The Morgan fingerprint density at radius 2 is 2.09 bits per heavy atom. The van der Waals surface area contributed by atoms with Crippen LogP contribution in [0.2, 0.25) is 5.02 Å². The first-order chi connectivity index (χ1) is 15.3. The second-order valence-corrected chi connectivity index (χ2v) is 8.59. The Hall–Kier alpha value is -3.34. The minimum absolute atomic E-state index is 0.160. The fourth-order valence-electron chi connectivity index (χ4n) is 4.18. The third-order valence-electron chi connectivity index (χ3n) is 5.43. The van der Waals surface area contributed by atoms with Gasteiger partial charge in [0.25, 0.3) is 5.91 Å². The molecular formula is C24H26ClN5O2. The summed E-state index contributed by atoms with van der Waals surface area (Å²) in [6, 6.07) is 13.3. The van der Waals surface area contributed by atoms with E-state index >= 15 is 0 Å². The second-order valence-electron chi connectivity index (χ2n) is 8.15. The van der Waals surface area contributed by atoms with Gasteiger partial charge in [-0.3, -0.25) is 4.79 Å². The van der Waals surface area contributed by atoms with E-state index in [0.29, 0.717) is 39.5 Å². The van der Waals surface area contributed by atoms with Crippen LogP contribution in [0.1, 0.15) is 41.3 Å². The zero-order valence-corrected chi connectivity index (χ0v) is 18.7. The number of aliphatic hydroxyl groups is 1. The van der Waals surface area contributed by atoms with Gasteiger partial charge in [-0.25, -0.2) is 0 Å². The standard InChI is InChI=1S/C24H26ClN5O2/c1-14(2)13-30-22(16(11-27)12-28)21(19-5-3-4-6-20(19)24(30)32)23(31)29-18-8-15(10-26)7-17(25)9-18/h3-9,11-12,14,21-23,27,29,31H,13,28H2,1-2H3/b16-12+,27-11?/t21-,22+,23?/m0/s1. The molecule has 0 aliphatic carbocycles. The van der Waals surface area contributed by atoms with E-state index in [1.54, 1.807) is 35.2 Å². The normalized spacial score (nSPS) is 19.3. The maximum Gasteiger partial charge on any atom is 0.254 e. The van der Waals surface area contributed by atoms with Crippen LogP contribution in [0.15, 0.2) is 54.2 Å². The number of rotatable bonds is 7. The van der Waals surface area contributed by atoms with Gasteiger partial charge >= 0.3 is 0 Å². The van der Waals surface area contributed by atoms with Crippen LogP contribution in [0.5, 0.6) is 0 Å². The van der Waals surface area contributed by atoms with Crippen molar-refractivity contribution in [2.24, 2.45) is 11.7 Å². The van der Waals surface area contributed by atoms with Gasteiger partial charge in [0.05, 0.1) is 23.6 Å². The molecule has 0 bridgehead atoms. The molecule has 1 amide bonds. The van der Waals surface area contributed by atoms with Crippen LogP contribution >= 0.6 is 11.6 Å². The molecule has 1 heterocycles. The number of hydrogen-bond acceptors (Lipinski definition) is 6. The predicted octanol–water partition coefficient (Wildman–Crippen LogP) is 3.70. The van der Waals surface area contributed by atoms with Gasteiger partial charge in [-0.05, 0) is 35.7 Å². The summed E-state index contributed by atoms with van der Waals surface area (Å²) in [5.74, 6) is -0.629. The molecule has 1 aliphatic heterocycles. The molecule has 5 N–H and O–H groups in total. The molecule has 0 spiro atoms. The highest BCUT2D eigenvalue weighted by Crippen LogP contribution is 2.39. The molecule has 2 aromatic carbocycles. The van der Waals surface area contributed by atoms with Gasteiger partial charge in [0.2, 0.25) is 0 Å². The SMILES string of the molecule is CC(C)CN1C(=O)c2ccccc2[C@H](C(O)Nc2cc(Cl)cc(C#N)c2)[C@H]1/C(C=N)=C/N. The topological polar surface area (TPSA) is 126 Å². The van der Waals surface area contributed by atoms with Crippen molar-refractivity contribution in [3.8, 4) is 6.07 Å². The number of nitrogens with one attached hydrogen (secondary N) is 2. The second kappa shape index (κ2) is 9.86. The van der Waals surface area contributed by atoms with Crippen LogP contribution in [0, 0.1) is 22.7 Å². The van der Waals surface area contributed by atoms with Crippen LogP contribution < -0.4 is 11.1 Å². The zero-order chi connectivity index (χ0) is 23.4. The van der Waals surface area contributed by atoms with E-state index in [2.05, 4.69) is 5.32 Å². The van der Waals surface area contributed by atoms with Crippen molar-refractivity contribution in [1.29, 1.82) is 10.7 Å². The Bertz CT molecular complexity index is 1090. The highest BCUT2D eigenvalue weighted by atomic mass is 35.5. The lowest BCUT2D eigenvalue weighted by atomic mass is 9.78. The molecular weight excluding hydrogens is 426 g/mol. The molecule has 0 fully saturated rings. The van der Waals surface area contributed by atoms with Crippen LogP contribution in [0.25, 0.3) is 0 Å². The van der Waals surface area contributed by atoms with Gasteiger partial charge in [0, 0.05) is 40.8 Å². The number of anilines is 1. The lowest BCUT2D eigenvalue weighted by Gasteiger charge is -2.45. The van der Waals surface area contributed by atoms with E-state index in [-0.39, 0.29) is 11.8 Å². The van der Waals surface area contributed by atoms with Gasteiger partial charge in [-0.15, -0.1) is 0 Å². The van der Waals surface area contributed by atoms with Gasteiger partial charge < -0.3 is 26.5 Å². The summed E-state index contributed by atoms with van der Waals surface area (Å²) in [6.45, 7) is 4.43. The first kappa shape index (κ1) is 23.3. The molecule has 0 aromatic heterocycles. The van der Waals surface area contributed by atoms with Crippen LogP contribution in [0.4, 0.5) is 5.69 Å². The smallest absolute Gasteiger partial charge is 0.254 e. The predicted molar refractivity (Wildman–Crippen MR) is 126 cm³/mol. The monoisotopic (exact) mass is 451 g/mol. The molecule has 1 aliphatic rings. The van der Waals surface area contributed by atoms with E-state index < -0.39 is 18.2 Å². The maximum absolute atomic E-state index is 13.4. The van der Waals surface area contributed by atoms with Crippen molar-refractivity contribution in [1.82, 2.24) is 4.90 Å². The lowest BCUT2D eigenvalue weighted by Crippen LogP contribution is -2.54. The third-order valence-corrected chi connectivity index (χ3v) is 5.65. The molecule has 166 valence electrons. The van der Waals surface area contributed by atoms with Crippen molar-refractivity contribution < 1.29 is 9.90 Å². The van der Waals surface area contributed by atoms with Crippen molar-refractivity contribution >= 4 is 29.4 Å². The molecule has 0 radical (unpaired) electrons. The molecule has 7 nitrogen and oxygen atoms in total. The number of nitriles is 1. The third kappa shape index (κ3) is 4.62. The highest BCUT2D eigenvalue weighted by Gasteiger charge is 2.44. The fourth-order valence-corrected chi connectivity index (χ4v) is 4.41. The number of hydrogen-bond donors (Lipinski definition) is 4. The zero-order valence-electron chi connectivity index (χ0n) is 17.9. The summed E-state index contributed by atoms with van der Waals surface area (Å²) in [7, 11) is 0. The molecule has 3 rings (SSSR count). The summed E-state index contributed by atoms with van der Waals surface area (Å²) in [5.41, 5.74) is 8.24. The van der Waals surface area contributed by atoms with Crippen molar-refractivity contribution in [3.63, 3.8) is 0 Å². The average molecular weight is 452 g/mol. The molecule has 0 saturated carbocycles. The van der Waals surface area contributed by atoms with Gasteiger partial charge in [0.1, 0.15) is 6.23 Å². The van der Waals surface area contributed by atoms with E-state index in [0.717, 1.165) is 6.21 Å². The molecule has 2 aromatic rings. The van der Waals surface area contributed by atoms with Gasteiger partial charge in [0.15, 0.2) is 0 Å². The van der Waals surface area contributed by atoms with E-state index in [4.69, 9.17) is 22.7 Å². The van der Waals surface area contributed by atoms with Crippen LogP contribution in [-0.2, 0) is 0 Å². The van der Waals surface area contributed by atoms with Crippen LogP contribution in [-0.4, -0.2) is 40.9 Å². The maximum atomic E-state index is 13.4. The molecule has 1 unspecified atom stereocenters. The fraction of sp³-hybridized carbons (Fsp3) is 0.292. The van der Waals surface area contributed by atoms with Crippen molar-refractivity contribution in [2.75, 3.05) is 11.9 Å². The van der Waals surface area contributed by atoms with E-state index in [1.807, 2.05) is 26.0 Å². The summed E-state index contributed by atoms with van der Waals surface area (Å²) in [4.78, 5) is 15.1.